The number of amides is 2. The fourth-order valence-electron chi connectivity index (χ4n) is 3.90. The summed E-state index contributed by atoms with van der Waals surface area (Å²) in [7, 11) is 0. The van der Waals surface area contributed by atoms with Gasteiger partial charge >= 0.3 is 0 Å². The zero-order chi connectivity index (χ0) is 23.1. The average Bonchev–Trinajstić information content (AvgIpc) is 3.27. The highest BCUT2D eigenvalue weighted by Crippen LogP contribution is 2.25. The van der Waals surface area contributed by atoms with E-state index in [1.54, 1.807) is 30.3 Å². The normalized spacial score (nSPS) is 14.8. The number of carbonyl (C=O) groups is 2. The monoisotopic (exact) mass is 480 g/mol. The first-order valence-corrected chi connectivity index (χ1v) is 11.6. The number of nitrogens with zero attached hydrogens (tertiary/aromatic N) is 1. The van der Waals surface area contributed by atoms with Crippen LogP contribution in [-0.4, -0.2) is 35.4 Å². The van der Waals surface area contributed by atoms with E-state index < -0.39 is 24.4 Å². The fraction of sp³-hybridized carbons (Fsp3) is 0.417. The van der Waals surface area contributed by atoms with Crippen molar-refractivity contribution in [2.75, 3.05) is 6.61 Å². The van der Waals surface area contributed by atoms with Crippen LogP contribution in [0.15, 0.2) is 42.5 Å². The third kappa shape index (κ3) is 6.36. The molecular weight excluding hydrogens is 454 g/mol. The summed E-state index contributed by atoms with van der Waals surface area (Å²) < 4.78 is 19.3. The molecule has 172 valence electrons. The number of para-hydroxylation sites is 1. The van der Waals surface area contributed by atoms with E-state index >= 15 is 0 Å². The Balaban J connectivity index is 1.80. The van der Waals surface area contributed by atoms with Crippen molar-refractivity contribution in [1.82, 2.24) is 10.2 Å². The lowest BCUT2D eigenvalue weighted by atomic mass is 10.1. The van der Waals surface area contributed by atoms with E-state index in [0.29, 0.717) is 22.0 Å². The Hall–Kier alpha value is -2.31. The standard InChI is InChI=1S/C24H27Cl2FN2O3/c1-2-21(24(31)28-18-7-3-4-8-18)29(14-16-11-12-17(25)13-19(16)26)23(30)15-32-22-10-6-5-9-20(22)27/h5-6,9-13,18,21H,2-4,7-8,14-15H2,1H3,(H,28,31). The highest BCUT2D eigenvalue weighted by atomic mass is 35.5. The molecule has 5 nitrogen and oxygen atoms in total. The summed E-state index contributed by atoms with van der Waals surface area (Å²) >= 11 is 12.3. The predicted octanol–water partition coefficient (Wildman–Crippen LogP) is 5.38. The zero-order valence-corrected chi connectivity index (χ0v) is 19.5. The van der Waals surface area contributed by atoms with Gasteiger partial charge in [0.2, 0.25) is 5.91 Å². The van der Waals surface area contributed by atoms with Gasteiger partial charge < -0.3 is 15.0 Å². The number of rotatable bonds is 9. The van der Waals surface area contributed by atoms with Crippen LogP contribution >= 0.6 is 23.2 Å². The van der Waals surface area contributed by atoms with Crippen molar-refractivity contribution >= 4 is 35.0 Å². The molecule has 3 rings (SSSR count). The molecule has 8 heteroatoms. The SMILES string of the molecule is CCC(C(=O)NC1CCCC1)N(Cc1ccc(Cl)cc1Cl)C(=O)COc1ccccc1F. The third-order valence-corrected chi connectivity index (χ3v) is 6.22. The first-order chi connectivity index (χ1) is 15.4. The number of carbonyl (C=O) groups excluding carboxylic acids is 2. The van der Waals surface area contributed by atoms with Crippen molar-refractivity contribution in [2.24, 2.45) is 0 Å². The number of hydrogen-bond acceptors (Lipinski definition) is 3. The van der Waals surface area contributed by atoms with Crippen LogP contribution in [-0.2, 0) is 16.1 Å². The van der Waals surface area contributed by atoms with Crippen LogP contribution in [0, 0.1) is 5.82 Å². The molecular formula is C24H27Cl2FN2O3. The lowest BCUT2D eigenvalue weighted by Gasteiger charge is -2.31. The van der Waals surface area contributed by atoms with E-state index in [1.165, 1.54) is 17.0 Å². The van der Waals surface area contributed by atoms with Crippen molar-refractivity contribution in [1.29, 1.82) is 0 Å². The molecule has 0 heterocycles. The number of benzene rings is 2. The number of hydrogen-bond donors (Lipinski definition) is 1. The highest BCUT2D eigenvalue weighted by Gasteiger charge is 2.31. The van der Waals surface area contributed by atoms with E-state index in [9.17, 15) is 14.0 Å². The summed E-state index contributed by atoms with van der Waals surface area (Å²) in [6.45, 7) is 1.55. The van der Waals surface area contributed by atoms with Gasteiger partial charge in [0.05, 0.1) is 0 Å². The number of halogens is 3. The Morgan fingerprint density at radius 2 is 1.91 bits per heavy atom. The molecule has 0 spiro atoms. The zero-order valence-electron chi connectivity index (χ0n) is 18.0. The minimum absolute atomic E-state index is 0.0196. The lowest BCUT2D eigenvalue weighted by molar-refractivity contribution is -0.143. The summed E-state index contributed by atoms with van der Waals surface area (Å²) in [6, 6.07) is 10.3. The molecule has 0 aliphatic heterocycles. The van der Waals surface area contributed by atoms with Crippen molar-refractivity contribution in [3.8, 4) is 5.75 Å². The van der Waals surface area contributed by atoms with Gasteiger partial charge in [-0.25, -0.2) is 4.39 Å². The molecule has 0 saturated heterocycles. The summed E-state index contributed by atoms with van der Waals surface area (Å²) in [4.78, 5) is 27.7. The second-order valence-corrected chi connectivity index (χ2v) is 8.73. The first kappa shape index (κ1) is 24.3. The third-order valence-electron chi connectivity index (χ3n) is 5.63. The lowest BCUT2D eigenvalue weighted by Crippen LogP contribution is -2.52. The maximum atomic E-state index is 13.9. The molecule has 1 aliphatic carbocycles. The molecule has 0 aromatic heterocycles. The second-order valence-electron chi connectivity index (χ2n) is 7.89. The maximum Gasteiger partial charge on any atom is 0.261 e. The molecule has 1 atom stereocenters. The second kappa shape index (κ2) is 11.5. The molecule has 2 aromatic rings. The van der Waals surface area contributed by atoms with E-state index in [1.807, 2.05) is 6.92 Å². The van der Waals surface area contributed by atoms with Gasteiger partial charge in [-0.05, 0) is 49.1 Å². The molecule has 2 aromatic carbocycles. The summed E-state index contributed by atoms with van der Waals surface area (Å²) in [5, 5.41) is 3.95. The molecule has 1 fully saturated rings. The Morgan fingerprint density at radius 1 is 1.19 bits per heavy atom. The van der Waals surface area contributed by atoms with Gasteiger partial charge in [0.25, 0.3) is 5.91 Å². The minimum Gasteiger partial charge on any atom is -0.481 e. The molecule has 1 unspecified atom stereocenters. The molecule has 2 amide bonds. The molecule has 1 saturated carbocycles. The van der Waals surface area contributed by atoms with Crippen LogP contribution in [0.2, 0.25) is 10.0 Å². The molecule has 1 aliphatic rings. The Labute approximate surface area is 197 Å². The van der Waals surface area contributed by atoms with E-state index in [4.69, 9.17) is 27.9 Å². The average molecular weight is 481 g/mol. The minimum atomic E-state index is -0.709. The largest absolute Gasteiger partial charge is 0.481 e. The van der Waals surface area contributed by atoms with Crippen molar-refractivity contribution in [3.05, 3.63) is 63.9 Å². The van der Waals surface area contributed by atoms with Crippen molar-refractivity contribution in [3.63, 3.8) is 0 Å². The molecule has 32 heavy (non-hydrogen) atoms. The molecule has 0 radical (unpaired) electrons. The van der Waals surface area contributed by atoms with E-state index in [2.05, 4.69) is 5.32 Å². The summed E-state index contributed by atoms with van der Waals surface area (Å²) in [5.41, 5.74) is 0.655. The van der Waals surface area contributed by atoms with Crippen molar-refractivity contribution < 1.29 is 18.7 Å². The molecule has 1 N–H and O–H groups in total. The van der Waals surface area contributed by atoms with Gasteiger partial charge in [0.15, 0.2) is 18.2 Å². The summed E-state index contributed by atoms with van der Waals surface area (Å²) in [5.74, 6) is -1.22. The van der Waals surface area contributed by atoms with Gasteiger partial charge in [0, 0.05) is 22.6 Å². The van der Waals surface area contributed by atoms with Gasteiger partial charge in [-0.1, -0.05) is 61.2 Å². The van der Waals surface area contributed by atoms with E-state index in [-0.39, 0.29) is 24.2 Å². The number of ether oxygens (including phenoxy) is 1. The first-order valence-electron chi connectivity index (χ1n) is 10.8. The fourth-order valence-corrected chi connectivity index (χ4v) is 4.37. The van der Waals surface area contributed by atoms with Crippen LogP contribution in [0.5, 0.6) is 5.75 Å². The number of nitrogens with one attached hydrogen (secondary N) is 1. The van der Waals surface area contributed by atoms with Gasteiger partial charge in [-0.15, -0.1) is 0 Å². The maximum absolute atomic E-state index is 13.9. The topological polar surface area (TPSA) is 58.6 Å². The van der Waals surface area contributed by atoms with Crippen LogP contribution in [0.3, 0.4) is 0 Å². The van der Waals surface area contributed by atoms with Crippen LogP contribution in [0.4, 0.5) is 4.39 Å². The Kier molecular flexibility index (Phi) is 8.76. The predicted molar refractivity (Wildman–Crippen MR) is 123 cm³/mol. The Bertz CT molecular complexity index is 951. The molecule has 0 bridgehead atoms. The van der Waals surface area contributed by atoms with Gasteiger partial charge in [0.1, 0.15) is 6.04 Å². The summed E-state index contributed by atoms with van der Waals surface area (Å²) in [6.07, 6.45) is 4.46. The van der Waals surface area contributed by atoms with Gasteiger partial charge in [-0.2, -0.15) is 0 Å². The highest BCUT2D eigenvalue weighted by molar-refractivity contribution is 6.35. The smallest absolute Gasteiger partial charge is 0.261 e. The van der Waals surface area contributed by atoms with Gasteiger partial charge in [-0.3, -0.25) is 9.59 Å². The Morgan fingerprint density at radius 3 is 2.56 bits per heavy atom. The van der Waals surface area contributed by atoms with Crippen LogP contribution in [0.25, 0.3) is 0 Å². The van der Waals surface area contributed by atoms with Crippen molar-refractivity contribution in [2.45, 2.75) is 57.7 Å². The van der Waals surface area contributed by atoms with Crippen LogP contribution in [0.1, 0.15) is 44.6 Å². The van der Waals surface area contributed by atoms with Crippen LogP contribution < -0.4 is 10.1 Å². The quantitative estimate of drug-likeness (QED) is 0.524. The van der Waals surface area contributed by atoms with E-state index in [0.717, 1.165) is 25.7 Å².